The molecule has 0 aliphatic carbocycles. The molecule has 0 radical (unpaired) electrons. The summed E-state index contributed by atoms with van der Waals surface area (Å²) in [4.78, 5) is 35.4. The third-order valence-corrected chi connectivity index (χ3v) is 9.66. The number of benzene rings is 3. The largest absolute Gasteiger partial charge is 0.397 e. The summed E-state index contributed by atoms with van der Waals surface area (Å²) in [6.45, 7) is 1.81. The number of carbonyl (C=O) groups is 2. The zero-order valence-corrected chi connectivity index (χ0v) is 26.5. The van der Waals surface area contributed by atoms with Crippen molar-refractivity contribution in [3.63, 3.8) is 0 Å². The van der Waals surface area contributed by atoms with E-state index in [2.05, 4.69) is 48.6 Å². The van der Waals surface area contributed by atoms with E-state index >= 15 is 0 Å². The Morgan fingerprint density at radius 2 is 1.76 bits per heavy atom. The maximum absolute atomic E-state index is 13.7. The molecule has 6 rings (SSSR count). The van der Waals surface area contributed by atoms with Gasteiger partial charge >= 0.3 is 12.1 Å². The van der Waals surface area contributed by atoms with Gasteiger partial charge in [-0.25, -0.2) is 14.6 Å². The predicted octanol–water partition coefficient (Wildman–Crippen LogP) is 6.23. The van der Waals surface area contributed by atoms with Crippen molar-refractivity contribution in [1.82, 2.24) is 24.7 Å². The van der Waals surface area contributed by atoms with Crippen LogP contribution < -0.4 is 16.4 Å². The Hall–Kier alpha value is -3.57. The summed E-state index contributed by atoms with van der Waals surface area (Å²) in [7, 11) is 1.98. The van der Waals surface area contributed by atoms with E-state index in [1.54, 1.807) is 0 Å². The standard InChI is InChI=1S/C31H33Br2N7O2/c1-38-27-9-5-4-8-25(27)35-29(38)26(18-19-16-22(32)28(34)23(33)17-19)37-30(41)39-13-11-21(12-14-39)40-15-10-20-6-2-3-7-24(20)36-31(40)42/h2-9,16-17,21,26H,10-15,18,34H2,1H3,(H,36,42)(H,37,41)/t26-/m1/s1. The second kappa shape index (κ2) is 12.0. The van der Waals surface area contributed by atoms with Gasteiger partial charge in [0.15, 0.2) is 0 Å². The second-order valence-corrected chi connectivity index (χ2v) is 12.7. The fourth-order valence-electron chi connectivity index (χ4n) is 6.03. The monoisotopic (exact) mass is 693 g/mol. The zero-order valence-electron chi connectivity index (χ0n) is 23.3. The molecule has 3 aromatic carbocycles. The number of anilines is 2. The number of aryl methyl sites for hydroxylation is 1. The SMILES string of the molecule is Cn1c([C@@H](Cc2cc(Br)c(N)c(Br)c2)NC(=O)N2CCC(N3CCc4ccccc4NC3=O)CC2)nc2ccccc21. The first-order valence-electron chi connectivity index (χ1n) is 14.1. The van der Waals surface area contributed by atoms with Crippen molar-refractivity contribution >= 4 is 66.3 Å². The number of nitrogens with zero attached hydrogens (tertiary/aromatic N) is 4. The van der Waals surface area contributed by atoms with E-state index in [9.17, 15) is 9.59 Å². The van der Waals surface area contributed by atoms with Crippen LogP contribution in [0.2, 0.25) is 0 Å². The van der Waals surface area contributed by atoms with Gasteiger partial charge in [-0.15, -0.1) is 0 Å². The molecule has 3 heterocycles. The first-order chi connectivity index (χ1) is 20.3. The van der Waals surface area contributed by atoms with Crippen LogP contribution >= 0.6 is 31.9 Å². The van der Waals surface area contributed by atoms with Crippen LogP contribution in [0.15, 0.2) is 69.6 Å². The number of nitrogen functional groups attached to an aromatic ring is 1. The summed E-state index contributed by atoms with van der Waals surface area (Å²) in [5.41, 5.74) is 11.7. The molecule has 0 bridgehead atoms. The number of carbonyl (C=O) groups excluding carboxylic acids is 2. The van der Waals surface area contributed by atoms with Gasteiger partial charge in [0.2, 0.25) is 0 Å². The maximum atomic E-state index is 13.7. The van der Waals surface area contributed by atoms with E-state index in [1.165, 1.54) is 0 Å². The highest BCUT2D eigenvalue weighted by molar-refractivity contribution is 9.11. The lowest BCUT2D eigenvalue weighted by Gasteiger charge is -2.38. The van der Waals surface area contributed by atoms with E-state index in [1.807, 2.05) is 76.0 Å². The Labute approximate surface area is 261 Å². The van der Waals surface area contributed by atoms with Gasteiger partial charge in [-0.05, 0) is 92.6 Å². The number of halogens is 2. The molecule has 2 aliphatic rings. The van der Waals surface area contributed by atoms with Crippen molar-refractivity contribution in [1.29, 1.82) is 0 Å². The van der Waals surface area contributed by atoms with E-state index in [0.29, 0.717) is 31.7 Å². The summed E-state index contributed by atoms with van der Waals surface area (Å²) in [5, 5.41) is 6.35. The minimum atomic E-state index is -0.370. The molecular weight excluding hydrogens is 662 g/mol. The number of nitrogens with one attached hydrogen (secondary N) is 2. The number of rotatable bonds is 5. The highest BCUT2D eigenvalue weighted by Gasteiger charge is 2.32. The van der Waals surface area contributed by atoms with Crippen molar-refractivity contribution in [2.45, 2.75) is 37.8 Å². The Kier molecular flexibility index (Phi) is 8.13. The lowest BCUT2D eigenvalue weighted by atomic mass is 10.0. The molecular formula is C31H33Br2N7O2. The highest BCUT2D eigenvalue weighted by Crippen LogP contribution is 2.32. The number of nitrogens with two attached hydrogens (primary N) is 1. The molecule has 1 atom stereocenters. The van der Waals surface area contributed by atoms with Crippen LogP contribution in [0.25, 0.3) is 11.0 Å². The molecule has 2 aliphatic heterocycles. The number of para-hydroxylation sites is 3. The average Bonchev–Trinajstić information content (AvgIpc) is 3.22. The lowest BCUT2D eigenvalue weighted by Crippen LogP contribution is -2.52. The van der Waals surface area contributed by atoms with Crippen LogP contribution in [0.3, 0.4) is 0 Å². The second-order valence-electron chi connectivity index (χ2n) is 10.9. The van der Waals surface area contributed by atoms with Crippen LogP contribution in [0.4, 0.5) is 21.0 Å². The van der Waals surface area contributed by atoms with Gasteiger partial charge in [0, 0.05) is 53.8 Å². The molecule has 42 heavy (non-hydrogen) atoms. The number of hydrogen-bond donors (Lipinski definition) is 3. The Morgan fingerprint density at radius 3 is 2.50 bits per heavy atom. The highest BCUT2D eigenvalue weighted by atomic mass is 79.9. The molecule has 0 spiro atoms. The van der Waals surface area contributed by atoms with Crippen molar-refractivity contribution in [3.8, 4) is 0 Å². The van der Waals surface area contributed by atoms with E-state index < -0.39 is 0 Å². The minimum absolute atomic E-state index is 0.0643. The van der Waals surface area contributed by atoms with Crippen LogP contribution in [-0.2, 0) is 19.9 Å². The Morgan fingerprint density at radius 1 is 1.07 bits per heavy atom. The van der Waals surface area contributed by atoms with E-state index in [4.69, 9.17) is 10.7 Å². The van der Waals surface area contributed by atoms with Gasteiger partial charge in [0.1, 0.15) is 5.82 Å². The molecule has 4 N–H and O–H groups in total. The third kappa shape index (κ3) is 5.72. The van der Waals surface area contributed by atoms with Crippen molar-refractivity contribution in [3.05, 3.63) is 86.6 Å². The first-order valence-corrected chi connectivity index (χ1v) is 15.7. The lowest BCUT2D eigenvalue weighted by molar-refractivity contribution is 0.133. The first kappa shape index (κ1) is 28.5. The summed E-state index contributed by atoms with van der Waals surface area (Å²) in [5.74, 6) is 0.782. The number of urea groups is 2. The minimum Gasteiger partial charge on any atom is -0.397 e. The number of imidazole rings is 1. The van der Waals surface area contributed by atoms with Crippen LogP contribution in [0.1, 0.15) is 35.8 Å². The molecule has 11 heteroatoms. The number of hydrogen-bond acceptors (Lipinski definition) is 4. The molecule has 1 fully saturated rings. The van der Waals surface area contributed by atoms with Crippen LogP contribution in [-0.4, -0.2) is 57.1 Å². The maximum Gasteiger partial charge on any atom is 0.322 e. The number of amides is 4. The quantitative estimate of drug-likeness (QED) is 0.215. The summed E-state index contributed by atoms with van der Waals surface area (Å²) in [6.07, 6.45) is 2.80. The Bertz CT molecular complexity index is 1620. The Balaban J connectivity index is 1.17. The van der Waals surface area contributed by atoms with Crippen LogP contribution in [0.5, 0.6) is 0 Å². The van der Waals surface area contributed by atoms with Crippen molar-refractivity contribution < 1.29 is 9.59 Å². The van der Waals surface area contributed by atoms with E-state index in [-0.39, 0.29) is 24.1 Å². The fourth-order valence-corrected chi connectivity index (χ4v) is 7.31. The van der Waals surface area contributed by atoms with Gasteiger partial charge in [-0.3, -0.25) is 0 Å². The van der Waals surface area contributed by atoms with Gasteiger partial charge in [0.25, 0.3) is 0 Å². The summed E-state index contributed by atoms with van der Waals surface area (Å²) < 4.78 is 3.64. The number of fused-ring (bicyclic) bond motifs is 2. The third-order valence-electron chi connectivity index (χ3n) is 8.34. The van der Waals surface area contributed by atoms with Crippen LogP contribution in [0, 0.1) is 0 Å². The van der Waals surface area contributed by atoms with Crippen molar-refractivity contribution in [2.24, 2.45) is 7.05 Å². The normalized spacial score (nSPS) is 16.6. The summed E-state index contributed by atoms with van der Waals surface area (Å²) >= 11 is 7.10. The molecule has 0 unspecified atom stereocenters. The number of piperidine rings is 1. The average molecular weight is 695 g/mol. The predicted molar refractivity (Wildman–Crippen MR) is 172 cm³/mol. The van der Waals surface area contributed by atoms with Crippen molar-refractivity contribution in [2.75, 3.05) is 30.7 Å². The molecule has 4 amide bonds. The molecule has 4 aromatic rings. The molecule has 218 valence electrons. The molecule has 1 aromatic heterocycles. The van der Waals surface area contributed by atoms with Gasteiger partial charge < -0.3 is 30.7 Å². The molecule has 1 saturated heterocycles. The number of aromatic nitrogens is 2. The molecule has 0 saturated carbocycles. The number of likely N-dealkylation sites (tertiary alicyclic amines) is 1. The van der Waals surface area contributed by atoms with Gasteiger partial charge in [-0.1, -0.05) is 30.3 Å². The fraction of sp³-hybridized carbons (Fsp3) is 0.323. The topological polar surface area (TPSA) is 109 Å². The van der Waals surface area contributed by atoms with Gasteiger partial charge in [0.05, 0.1) is 22.8 Å². The van der Waals surface area contributed by atoms with E-state index in [0.717, 1.165) is 61.9 Å². The molecule has 9 nitrogen and oxygen atoms in total. The zero-order chi connectivity index (χ0) is 29.4. The van der Waals surface area contributed by atoms with Gasteiger partial charge in [-0.2, -0.15) is 0 Å². The summed E-state index contributed by atoms with van der Waals surface area (Å²) in [6, 6.07) is 19.4. The smallest absolute Gasteiger partial charge is 0.322 e.